The minimum atomic E-state index is -0.896. The lowest BCUT2D eigenvalue weighted by Crippen LogP contribution is -2.49. The van der Waals surface area contributed by atoms with E-state index < -0.39 is 5.54 Å². The Kier molecular flexibility index (Phi) is 7.49. The van der Waals surface area contributed by atoms with Gasteiger partial charge >= 0.3 is 0 Å². The van der Waals surface area contributed by atoms with E-state index in [-0.39, 0.29) is 23.0 Å². The maximum Gasteiger partial charge on any atom is 0.231 e. The number of nitrogens with one attached hydrogen (secondary N) is 1. The largest absolute Gasteiger partial charge is 0.337 e. The van der Waals surface area contributed by atoms with E-state index in [9.17, 15) is 10.1 Å². The molecule has 6 nitrogen and oxygen atoms in total. The fourth-order valence-electron chi connectivity index (χ4n) is 2.78. The van der Waals surface area contributed by atoms with Crippen LogP contribution in [-0.4, -0.2) is 32.0 Å². The molecule has 0 fully saturated rings. The Morgan fingerprint density at radius 1 is 1.27 bits per heavy atom. The van der Waals surface area contributed by atoms with Crippen LogP contribution in [-0.2, 0) is 16.8 Å². The summed E-state index contributed by atoms with van der Waals surface area (Å²) in [5.74, 6) is 0.690. The summed E-state index contributed by atoms with van der Waals surface area (Å²) in [6.45, 7) is 16.5. The number of nitriles is 1. The molecule has 0 unspecified atom stereocenters. The van der Waals surface area contributed by atoms with Crippen molar-refractivity contribution >= 4 is 17.7 Å². The molecule has 1 atom stereocenters. The average molecular weight is 426 g/mol. The molecular weight excluding hydrogens is 394 g/mol. The van der Waals surface area contributed by atoms with E-state index in [4.69, 9.17) is 0 Å². The van der Waals surface area contributed by atoms with Crippen LogP contribution in [0.2, 0.25) is 0 Å². The molecule has 2 rings (SSSR count). The first-order chi connectivity index (χ1) is 14.0. The number of benzene rings is 1. The summed E-state index contributed by atoms with van der Waals surface area (Å²) in [6.07, 6.45) is 1.78. The molecule has 1 aromatic carbocycles. The Morgan fingerprint density at radius 3 is 2.40 bits per heavy atom. The molecule has 0 aliphatic heterocycles. The van der Waals surface area contributed by atoms with E-state index in [2.05, 4.69) is 61.1 Å². The van der Waals surface area contributed by atoms with Gasteiger partial charge < -0.3 is 5.32 Å². The van der Waals surface area contributed by atoms with Gasteiger partial charge in [0, 0.05) is 12.1 Å². The smallest absolute Gasteiger partial charge is 0.231 e. The van der Waals surface area contributed by atoms with Crippen LogP contribution in [0.5, 0.6) is 0 Å². The maximum atomic E-state index is 12.4. The highest BCUT2D eigenvalue weighted by Crippen LogP contribution is 2.28. The first kappa shape index (κ1) is 23.7. The number of carbonyl (C=O) groups is 1. The third kappa shape index (κ3) is 5.51. The number of aromatic nitrogens is 3. The molecule has 0 saturated heterocycles. The van der Waals surface area contributed by atoms with Crippen LogP contribution < -0.4 is 5.32 Å². The summed E-state index contributed by atoms with van der Waals surface area (Å²) < 4.78 is 1.95. The summed E-state index contributed by atoms with van der Waals surface area (Å²) in [6, 6.07) is 10.5. The average Bonchev–Trinajstić information content (AvgIpc) is 3.08. The monoisotopic (exact) mass is 425 g/mol. The summed E-state index contributed by atoms with van der Waals surface area (Å²) in [5.41, 5.74) is 1.39. The van der Waals surface area contributed by atoms with Crippen molar-refractivity contribution in [3.63, 3.8) is 0 Å². The molecular formula is C23H31N5OS. The van der Waals surface area contributed by atoms with E-state index in [0.717, 1.165) is 11.4 Å². The lowest BCUT2D eigenvalue weighted by atomic mass is 9.87. The predicted octanol–water partition coefficient (Wildman–Crippen LogP) is 4.58. The molecule has 7 heteroatoms. The minimum absolute atomic E-state index is 0.00328. The van der Waals surface area contributed by atoms with Crippen molar-refractivity contribution in [3.05, 3.63) is 42.5 Å². The minimum Gasteiger partial charge on any atom is -0.337 e. The Bertz CT molecular complexity index is 934. The van der Waals surface area contributed by atoms with Gasteiger partial charge in [-0.3, -0.25) is 9.36 Å². The first-order valence-electron chi connectivity index (χ1n) is 10.0. The van der Waals surface area contributed by atoms with Crippen LogP contribution in [0.1, 0.15) is 47.1 Å². The van der Waals surface area contributed by atoms with E-state index in [0.29, 0.717) is 11.7 Å². The van der Waals surface area contributed by atoms with Gasteiger partial charge in [-0.1, -0.05) is 76.7 Å². The number of nitrogens with zero attached hydrogens (tertiary/aromatic N) is 4. The molecule has 160 valence electrons. The number of hydrogen-bond donors (Lipinski definition) is 1. The van der Waals surface area contributed by atoms with E-state index in [1.54, 1.807) is 13.0 Å². The fraction of sp³-hybridized carbons (Fsp3) is 0.478. The van der Waals surface area contributed by atoms with E-state index in [1.165, 1.54) is 17.3 Å². The van der Waals surface area contributed by atoms with Crippen molar-refractivity contribution in [2.75, 3.05) is 5.75 Å². The normalized spacial score (nSPS) is 13.5. The van der Waals surface area contributed by atoms with E-state index >= 15 is 0 Å². The number of allylic oxidation sites excluding steroid dienone is 1. The van der Waals surface area contributed by atoms with Gasteiger partial charge in [0.05, 0.1) is 11.8 Å². The lowest BCUT2D eigenvalue weighted by Gasteiger charge is -2.27. The molecule has 0 spiro atoms. The molecule has 0 bridgehead atoms. The van der Waals surface area contributed by atoms with Crippen LogP contribution in [0, 0.1) is 17.2 Å². The zero-order valence-electron chi connectivity index (χ0n) is 18.7. The molecule has 0 radical (unpaired) electrons. The number of amides is 1. The second kappa shape index (κ2) is 9.48. The van der Waals surface area contributed by atoms with Gasteiger partial charge in [-0.25, -0.2) is 0 Å². The highest BCUT2D eigenvalue weighted by Gasteiger charge is 2.30. The standard InChI is InChI=1S/C23H31N5OS/c1-8-13-28-20(17-9-11-18(12-10-17)22(4,5)6)26-27-21(28)30-14-19(29)25-23(7,15-24)16(2)3/h8-12,16H,1,13-14H2,2-7H3,(H,25,29)/t23-/m0/s1. The zero-order valence-corrected chi connectivity index (χ0v) is 19.5. The second-order valence-electron chi connectivity index (χ2n) is 8.84. The summed E-state index contributed by atoms with van der Waals surface area (Å²) in [4.78, 5) is 12.4. The molecule has 30 heavy (non-hydrogen) atoms. The van der Waals surface area contributed by atoms with Crippen molar-refractivity contribution < 1.29 is 4.79 Å². The van der Waals surface area contributed by atoms with Crippen molar-refractivity contribution in [2.45, 2.75) is 64.2 Å². The molecule has 0 aliphatic carbocycles. The molecule has 0 saturated carbocycles. The van der Waals surface area contributed by atoms with Crippen molar-refractivity contribution in [1.82, 2.24) is 20.1 Å². The van der Waals surface area contributed by atoms with Gasteiger partial charge in [-0.05, 0) is 23.8 Å². The van der Waals surface area contributed by atoms with Crippen LogP contribution >= 0.6 is 11.8 Å². The van der Waals surface area contributed by atoms with Crippen molar-refractivity contribution in [1.29, 1.82) is 5.26 Å². The second-order valence-corrected chi connectivity index (χ2v) is 9.78. The Hall–Kier alpha value is -2.59. The van der Waals surface area contributed by atoms with Crippen molar-refractivity contribution in [3.8, 4) is 17.5 Å². The summed E-state index contributed by atoms with van der Waals surface area (Å²) in [7, 11) is 0. The van der Waals surface area contributed by atoms with Gasteiger partial charge in [-0.2, -0.15) is 5.26 Å². The van der Waals surface area contributed by atoms with Crippen LogP contribution in [0.15, 0.2) is 42.1 Å². The third-order valence-electron chi connectivity index (χ3n) is 5.16. The van der Waals surface area contributed by atoms with Crippen LogP contribution in [0.25, 0.3) is 11.4 Å². The predicted molar refractivity (Wildman–Crippen MR) is 122 cm³/mol. The topological polar surface area (TPSA) is 83.6 Å². The summed E-state index contributed by atoms with van der Waals surface area (Å²) in [5, 5.41) is 21.5. The van der Waals surface area contributed by atoms with Gasteiger partial charge in [-0.15, -0.1) is 16.8 Å². The SMILES string of the molecule is C=CCn1c(SCC(=O)N[C@@](C)(C#N)C(C)C)nnc1-c1ccc(C(C)(C)C)cc1. The number of rotatable bonds is 8. The zero-order chi connectivity index (χ0) is 22.5. The molecule has 2 aromatic rings. The first-order valence-corrected chi connectivity index (χ1v) is 11.0. The Labute approximate surface area is 183 Å². The highest BCUT2D eigenvalue weighted by atomic mass is 32.2. The number of carbonyl (C=O) groups excluding carboxylic acids is 1. The quantitative estimate of drug-likeness (QED) is 0.494. The van der Waals surface area contributed by atoms with Crippen LogP contribution in [0.3, 0.4) is 0 Å². The van der Waals surface area contributed by atoms with Gasteiger partial charge in [0.2, 0.25) is 5.91 Å². The van der Waals surface area contributed by atoms with E-state index in [1.807, 2.05) is 30.5 Å². The van der Waals surface area contributed by atoms with Crippen molar-refractivity contribution in [2.24, 2.45) is 5.92 Å². The molecule has 1 N–H and O–H groups in total. The number of thioether (sulfide) groups is 1. The fourth-order valence-corrected chi connectivity index (χ4v) is 3.53. The third-order valence-corrected chi connectivity index (χ3v) is 6.12. The highest BCUT2D eigenvalue weighted by molar-refractivity contribution is 7.99. The van der Waals surface area contributed by atoms with Gasteiger partial charge in [0.1, 0.15) is 5.54 Å². The molecule has 1 aromatic heterocycles. The molecule has 1 heterocycles. The molecule has 1 amide bonds. The van der Waals surface area contributed by atoms with Gasteiger partial charge in [0.25, 0.3) is 0 Å². The maximum absolute atomic E-state index is 12.4. The number of hydrogen-bond acceptors (Lipinski definition) is 5. The van der Waals surface area contributed by atoms with Gasteiger partial charge in [0.15, 0.2) is 11.0 Å². The van der Waals surface area contributed by atoms with Crippen LogP contribution in [0.4, 0.5) is 0 Å². The Balaban J connectivity index is 2.19. The lowest BCUT2D eigenvalue weighted by molar-refractivity contribution is -0.120. The summed E-state index contributed by atoms with van der Waals surface area (Å²) >= 11 is 1.30. The molecule has 0 aliphatic rings. The Morgan fingerprint density at radius 2 is 1.90 bits per heavy atom.